The molecule has 8 heteroatoms. The van der Waals surface area contributed by atoms with Crippen LogP contribution in [-0.2, 0) is 19.1 Å². The number of β-lactam (4-membered cyclic amide) rings is 1. The van der Waals surface area contributed by atoms with E-state index in [0.29, 0.717) is 11.4 Å². The Morgan fingerprint density at radius 2 is 1.79 bits per heavy atom. The summed E-state index contributed by atoms with van der Waals surface area (Å²) in [4.78, 5) is 28.8. The molecule has 34 heavy (non-hydrogen) atoms. The maximum atomic E-state index is 13.7. The van der Waals surface area contributed by atoms with Crippen LogP contribution >= 0.6 is 23.5 Å². The van der Waals surface area contributed by atoms with Crippen LogP contribution in [0.5, 0.6) is 0 Å². The van der Waals surface area contributed by atoms with Gasteiger partial charge in [-0.05, 0) is 30.4 Å². The fraction of sp³-hybridized carbons (Fsp3) is 0.385. The van der Waals surface area contributed by atoms with Gasteiger partial charge in [-0.25, -0.2) is 4.79 Å². The van der Waals surface area contributed by atoms with Crippen molar-refractivity contribution in [2.24, 2.45) is 5.73 Å². The first-order valence-electron chi connectivity index (χ1n) is 11.6. The van der Waals surface area contributed by atoms with Gasteiger partial charge in [0.05, 0.1) is 6.10 Å². The zero-order chi connectivity index (χ0) is 23.5. The second kappa shape index (κ2) is 10.6. The lowest BCUT2D eigenvalue weighted by Crippen LogP contribution is -2.68. The lowest BCUT2D eigenvalue weighted by molar-refractivity contribution is -0.152. The number of fused-ring (bicyclic) bond motifs is 1. The Morgan fingerprint density at radius 1 is 1.12 bits per heavy atom. The van der Waals surface area contributed by atoms with Crippen LogP contribution in [0.2, 0.25) is 0 Å². The Kier molecular flexibility index (Phi) is 7.29. The number of amides is 1. The highest BCUT2D eigenvalue weighted by Gasteiger charge is 2.52. The van der Waals surface area contributed by atoms with Crippen molar-refractivity contribution >= 4 is 35.4 Å². The third kappa shape index (κ3) is 4.77. The zero-order valence-electron chi connectivity index (χ0n) is 18.8. The second-order valence-electron chi connectivity index (χ2n) is 8.61. The lowest BCUT2D eigenvalue weighted by atomic mass is 10.0. The molecule has 3 heterocycles. The van der Waals surface area contributed by atoms with Crippen LogP contribution in [0.15, 0.2) is 71.3 Å². The van der Waals surface area contributed by atoms with Crippen molar-refractivity contribution in [2.45, 2.75) is 42.9 Å². The summed E-state index contributed by atoms with van der Waals surface area (Å²) < 4.78 is 12.0. The summed E-state index contributed by atoms with van der Waals surface area (Å²) in [5.41, 5.74) is 8.14. The number of esters is 1. The molecule has 2 fully saturated rings. The van der Waals surface area contributed by atoms with Crippen molar-refractivity contribution in [3.63, 3.8) is 0 Å². The third-order valence-corrected chi connectivity index (χ3v) is 9.02. The Morgan fingerprint density at radius 3 is 2.41 bits per heavy atom. The number of thioether (sulfide) groups is 2. The predicted molar refractivity (Wildman–Crippen MR) is 135 cm³/mol. The number of rotatable bonds is 7. The van der Waals surface area contributed by atoms with Crippen molar-refractivity contribution in [1.82, 2.24) is 4.90 Å². The number of hydrogen-bond donors (Lipinski definition) is 1. The Hall–Kier alpha value is -2.26. The largest absolute Gasteiger partial charge is 0.448 e. The van der Waals surface area contributed by atoms with Crippen molar-refractivity contribution in [1.29, 1.82) is 0 Å². The van der Waals surface area contributed by atoms with E-state index in [9.17, 15) is 9.59 Å². The van der Waals surface area contributed by atoms with Gasteiger partial charge in [-0.1, -0.05) is 60.7 Å². The summed E-state index contributed by atoms with van der Waals surface area (Å²) in [6, 6.07) is 18.8. The molecule has 2 aromatic rings. The minimum absolute atomic E-state index is 0.168. The summed E-state index contributed by atoms with van der Waals surface area (Å²) in [6.45, 7) is 0.783. The Balaban J connectivity index is 1.43. The maximum absolute atomic E-state index is 13.7. The van der Waals surface area contributed by atoms with Gasteiger partial charge in [0.1, 0.15) is 17.1 Å². The van der Waals surface area contributed by atoms with Gasteiger partial charge in [-0.2, -0.15) is 0 Å². The number of benzene rings is 2. The highest BCUT2D eigenvalue weighted by atomic mass is 32.2. The fourth-order valence-electron chi connectivity index (χ4n) is 4.47. The molecule has 3 atom stereocenters. The van der Waals surface area contributed by atoms with Gasteiger partial charge in [-0.15, -0.1) is 23.5 Å². The summed E-state index contributed by atoms with van der Waals surface area (Å²) in [5.74, 6) is 0.666. The topological polar surface area (TPSA) is 81.9 Å². The van der Waals surface area contributed by atoms with E-state index in [2.05, 4.69) is 0 Å². The number of nitrogens with two attached hydrogens (primary N) is 1. The van der Waals surface area contributed by atoms with Crippen LogP contribution in [0.25, 0.3) is 0 Å². The smallest absolute Gasteiger partial charge is 0.356 e. The van der Waals surface area contributed by atoms with E-state index in [1.54, 1.807) is 23.5 Å². The van der Waals surface area contributed by atoms with Crippen LogP contribution in [0.3, 0.4) is 0 Å². The molecule has 3 aliphatic heterocycles. The molecule has 2 saturated heterocycles. The van der Waals surface area contributed by atoms with Gasteiger partial charge in [0, 0.05) is 23.0 Å². The quantitative estimate of drug-likeness (QED) is 0.457. The van der Waals surface area contributed by atoms with E-state index < -0.39 is 18.1 Å². The average molecular weight is 497 g/mol. The summed E-state index contributed by atoms with van der Waals surface area (Å²) >= 11 is 3.21. The number of carbonyl (C=O) groups excluding carboxylic acids is 2. The molecule has 2 N–H and O–H groups in total. The Bertz CT molecular complexity index is 1020. The summed E-state index contributed by atoms with van der Waals surface area (Å²) in [5, 5.41) is -0.225. The zero-order valence-corrected chi connectivity index (χ0v) is 20.4. The second-order valence-corrected chi connectivity index (χ2v) is 10.8. The molecular weight excluding hydrogens is 468 g/mol. The first-order chi connectivity index (χ1) is 16.6. The normalized spacial score (nSPS) is 24.6. The average Bonchev–Trinajstić information content (AvgIpc) is 2.91. The highest BCUT2D eigenvalue weighted by molar-refractivity contribution is 8.06. The van der Waals surface area contributed by atoms with Crippen molar-refractivity contribution < 1.29 is 19.1 Å². The maximum Gasteiger partial charge on any atom is 0.356 e. The number of carbonyl (C=O) groups is 2. The SMILES string of the molecule is NC1C(=O)N2C(C(=O)OC(c3ccccc3)c3ccccc3)=C(SCC3CCCCO3)CS[C@@H]12. The van der Waals surface area contributed by atoms with E-state index in [1.165, 1.54) is 4.90 Å². The first-order valence-corrected chi connectivity index (χ1v) is 13.7. The minimum atomic E-state index is -0.583. The molecule has 0 spiro atoms. The third-order valence-electron chi connectivity index (χ3n) is 6.31. The van der Waals surface area contributed by atoms with Gasteiger partial charge in [0.2, 0.25) is 5.91 Å². The molecule has 0 saturated carbocycles. The summed E-state index contributed by atoms with van der Waals surface area (Å²) in [6.07, 6.45) is 2.87. The van der Waals surface area contributed by atoms with E-state index >= 15 is 0 Å². The van der Waals surface area contributed by atoms with Crippen LogP contribution in [0, 0.1) is 0 Å². The van der Waals surface area contributed by atoms with Gasteiger partial charge in [0.15, 0.2) is 6.10 Å². The van der Waals surface area contributed by atoms with Crippen molar-refractivity contribution in [2.75, 3.05) is 18.1 Å². The molecular formula is C26H28N2O4S2. The number of nitrogens with zero attached hydrogens (tertiary/aromatic N) is 1. The first kappa shape index (κ1) is 23.5. The molecule has 0 aliphatic carbocycles. The van der Waals surface area contributed by atoms with E-state index in [-0.39, 0.29) is 17.4 Å². The molecule has 3 aliphatic rings. The molecule has 0 radical (unpaired) electrons. The van der Waals surface area contributed by atoms with Gasteiger partial charge in [0.25, 0.3) is 0 Å². The molecule has 5 rings (SSSR count). The molecule has 1 amide bonds. The van der Waals surface area contributed by atoms with E-state index in [4.69, 9.17) is 15.2 Å². The standard InChI is InChI=1S/C26H28N2O4S2/c27-21-24(29)28-22(20(16-34-25(21)28)33-15-19-13-7-8-14-31-19)26(30)32-23(17-9-3-1-4-10-17)18-11-5-2-6-12-18/h1-6,9-12,19,21,23,25H,7-8,13-16,27H2/t19?,21?,25-/m0/s1. The summed E-state index contributed by atoms with van der Waals surface area (Å²) in [7, 11) is 0. The van der Waals surface area contributed by atoms with Gasteiger partial charge in [-0.3, -0.25) is 9.69 Å². The molecule has 6 nitrogen and oxygen atoms in total. The number of hydrogen-bond acceptors (Lipinski definition) is 7. The van der Waals surface area contributed by atoms with Gasteiger partial charge < -0.3 is 15.2 Å². The van der Waals surface area contributed by atoms with Gasteiger partial charge >= 0.3 is 5.97 Å². The fourth-order valence-corrected chi connectivity index (χ4v) is 7.11. The van der Waals surface area contributed by atoms with E-state index in [1.807, 2.05) is 60.7 Å². The molecule has 178 valence electrons. The molecule has 2 unspecified atom stereocenters. The molecule has 0 aromatic heterocycles. The lowest BCUT2D eigenvalue weighted by Gasteiger charge is -2.48. The van der Waals surface area contributed by atoms with Crippen molar-refractivity contribution in [3.8, 4) is 0 Å². The van der Waals surface area contributed by atoms with E-state index in [0.717, 1.165) is 47.7 Å². The monoisotopic (exact) mass is 496 g/mol. The highest BCUT2D eigenvalue weighted by Crippen LogP contribution is 2.44. The van der Waals surface area contributed by atoms with Crippen molar-refractivity contribution in [3.05, 3.63) is 82.4 Å². The van der Waals surface area contributed by atoms with Crippen LogP contribution < -0.4 is 5.73 Å². The predicted octanol–water partition coefficient (Wildman–Crippen LogP) is 4.08. The van der Waals surface area contributed by atoms with Crippen LogP contribution in [0.1, 0.15) is 36.5 Å². The van der Waals surface area contributed by atoms with Crippen LogP contribution in [0.4, 0.5) is 0 Å². The molecule has 0 bridgehead atoms. The van der Waals surface area contributed by atoms with Crippen LogP contribution in [-0.4, -0.2) is 52.4 Å². The minimum Gasteiger partial charge on any atom is -0.448 e. The molecule has 2 aromatic carbocycles. The Labute approximate surface area is 208 Å². The number of ether oxygens (including phenoxy) is 2.